The molecule has 3 nitrogen and oxygen atoms in total. The lowest BCUT2D eigenvalue weighted by Gasteiger charge is -2.37. The smallest absolute Gasteiger partial charge is 0.00937 e. The van der Waals surface area contributed by atoms with E-state index in [2.05, 4.69) is 36.3 Å². The van der Waals surface area contributed by atoms with Crippen LogP contribution in [-0.2, 0) is 0 Å². The van der Waals surface area contributed by atoms with Gasteiger partial charge in [-0.15, -0.1) is 12.4 Å². The number of hydrogen-bond acceptors (Lipinski definition) is 3. The lowest BCUT2D eigenvalue weighted by molar-refractivity contribution is 0.135. The highest BCUT2D eigenvalue weighted by Crippen LogP contribution is 2.27. The molecule has 2 heterocycles. The Balaban J connectivity index is 0.00000162. The van der Waals surface area contributed by atoms with E-state index in [0.29, 0.717) is 11.5 Å². The average Bonchev–Trinajstić information content (AvgIpc) is 2.67. The molecule has 2 fully saturated rings. The molecule has 4 heteroatoms. The Morgan fingerprint density at radius 3 is 2.50 bits per heavy atom. The standard InChI is InChI=1S/C14H29N3.ClH/c1-12(2)16-13-4-8-17(9-5-13)11-14(3)6-7-15-10-14;/h12-13,15-16H,4-11H2,1-3H3;1H. The van der Waals surface area contributed by atoms with Crippen molar-refractivity contribution in [1.82, 2.24) is 15.5 Å². The van der Waals surface area contributed by atoms with Crippen molar-refractivity contribution in [2.45, 2.75) is 52.1 Å². The molecule has 0 amide bonds. The zero-order valence-electron chi connectivity index (χ0n) is 12.2. The van der Waals surface area contributed by atoms with Crippen molar-refractivity contribution >= 4 is 12.4 Å². The summed E-state index contributed by atoms with van der Waals surface area (Å²) < 4.78 is 0. The molecule has 0 aromatic carbocycles. The molecular weight excluding hydrogens is 246 g/mol. The van der Waals surface area contributed by atoms with Crippen molar-refractivity contribution in [3.8, 4) is 0 Å². The first-order valence-corrected chi connectivity index (χ1v) is 7.26. The zero-order valence-corrected chi connectivity index (χ0v) is 13.0. The Labute approximate surface area is 118 Å². The van der Waals surface area contributed by atoms with Crippen LogP contribution in [0.2, 0.25) is 0 Å². The molecule has 0 aliphatic carbocycles. The normalized spacial score (nSPS) is 30.7. The summed E-state index contributed by atoms with van der Waals surface area (Å²) in [5.41, 5.74) is 0.526. The largest absolute Gasteiger partial charge is 0.316 e. The predicted octanol–water partition coefficient (Wildman–Crippen LogP) is 1.87. The quantitative estimate of drug-likeness (QED) is 0.820. The Hall–Kier alpha value is 0.170. The molecular formula is C14H30ClN3. The second-order valence-corrected chi connectivity index (χ2v) is 6.61. The van der Waals surface area contributed by atoms with Gasteiger partial charge in [-0.3, -0.25) is 0 Å². The summed E-state index contributed by atoms with van der Waals surface area (Å²) in [4.78, 5) is 2.67. The lowest BCUT2D eigenvalue weighted by atomic mass is 9.88. The topological polar surface area (TPSA) is 27.3 Å². The fourth-order valence-corrected chi connectivity index (χ4v) is 3.27. The van der Waals surface area contributed by atoms with Gasteiger partial charge < -0.3 is 15.5 Å². The van der Waals surface area contributed by atoms with Crippen LogP contribution in [0.1, 0.15) is 40.0 Å². The first-order valence-electron chi connectivity index (χ1n) is 7.26. The number of nitrogens with one attached hydrogen (secondary N) is 2. The van der Waals surface area contributed by atoms with Crippen LogP contribution in [0.15, 0.2) is 0 Å². The van der Waals surface area contributed by atoms with Gasteiger partial charge in [0.1, 0.15) is 0 Å². The van der Waals surface area contributed by atoms with E-state index in [1.807, 2.05) is 0 Å². The van der Waals surface area contributed by atoms with E-state index in [4.69, 9.17) is 0 Å². The van der Waals surface area contributed by atoms with E-state index < -0.39 is 0 Å². The maximum Gasteiger partial charge on any atom is 0.00937 e. The lowest BCUT2D eigenvalue weighted by Crippen LogP contribution is -2.47. The molecule has 108 valence electrons. The number of hydrogen-bond donors (Lipinski definition) is 2. The number of piperidine rings is 1. The van der Waals surface area contributed by atoms with Crippen LogP contribution < -0.4 is 10.6 Å². The van der Waals surface area contributed by atoms with Gasteiger partial charge in [-0.1, -0.05) is 20.8 Å². The molecule has 2 aliphatic heterocycles. The second kappa shape index (κ2) is 7.09. The second-order valence-electron chi connectivity index (χ2n) is 6.61. The number of likely N-dealkylation sites (tertiary alicyclic amines) is 1. The van der Waals surface area contributed by atoms with Gasteiger partial charge in [0.25, 0.3) is 0 Å². The van der Waals surface area contributed by atoms with Gasteiger partial charge >= 0.3 is 0 Å². The van der Waals surface area contributed by atoms with Crippen LogP contribution in [0, 0.1) is 5.41 Å². The number of nitrogens with zero attached hydrogens (tertiary/aromatic N) is 1. The van der Waals surface area contributed by atoms with Gasteiger partial charge in [0, 0.05) is 25.2 Å². The summed E-state index contributed by atoms with van der Waals surface area (Å²) in [5.74, 6) is 0. The molecule has 0 aromatic heterocycles. The summed E-state index contributed by atoms with van der Waals surface area (Å²) in [7, 11) is 0. The molecule has 1 unspecified atom stereocenters. The highest BCUT2D eigenvalue weighted by atomic mass is 35.5. The molecule has 1 atom stereocenters. The van der Waals surface area contributed by atoms with Crippen LogP contribution in [-0.4, -0.2) is 49.7 Å². The molecule has 0 saturated carbocycles. The Kier molecular flexibility index (Phi) is 6.39. The summed E-state index contributed by atoms with van der Waals surface area (Å²) in [6.45, 7) is 13.2. The van der Waals surface area contributed by atoms with E-state index in [-0.39, 0.29) is 12.4 Å². The van der Waals surface area contributed by atoms with Crippen LogP contribution in [0.25, 0.3) is 0 Å². The Morgan fingerprint density at radius 1 is 1.33 bits per heavy atom. The Morgan fingerprint density at radius 2 is 2.00 bits per heavy atom. The SMILES string of the molecule is CC(C)NC1CCN(CC2(C)CCNC2)CC1.Cl. The molecule has 2 aliphatic rings. The van der Waals surface area contributed by atoms with Crippen molar-refractivity contribution in [3.63, 3.8) is 0 Å². The minimum atomic E-state index is 0. The first-order chi connectivity index (χ1) is 8.07. The minimum Gasteiger partial charge on any atom is -0.316 e. The molecule has 0 bridgehead atoms. The van der Waals surface area contributed by atoms with Crippen LogP contribution in [0.4, 0.5) is 0 Å². The third kappa shape index (κ3) is 4.69. The summed E-state index contributed by atoms with van der Waals surface area (Å²) in [6, 6.07) is 1.38. The van der Waals surface area contributed by atoms with Crippen molar-refractivity contribution in [2.24, 2.45) is 5.41 Å². The van der Waals surface area contributed by atoms with Gasteiger partial charge in [0.2, 0.25) is 0 Å². The maximum atomic E-state index is 3.67. The van der Waals surface area contributed by atoms with E-state index in [0.717, 1.165) is 6.04 Å². The van der Waals surface area contributed by atoms with Crippen LogP contribution >= 0.6 is 12.4 Å². The number of halogens is 1. The van der Waals surface area contributed by atoms with E-state index in [1.54, 1.807) is 0 Å². The average molecular weight is 276 g/mol. The van der Waals surface area contributed by atoms with Crippen molar-refractivity contribution in [2.75, 3.05) is 32.7 Å². The summed E-state index contributed by atoms with van der Waals surface area (Å²) in [5, 5.41) is 7.16. The van der Waals surface area contributed by atoms with Gasteiger partial charge in [-0.25, -0.2) is 0 Å². The third-order valence-electron chi connectivity index (χ3n) is 4.22. The fourth-order valence-electron chi connectivity index (χ4n) is 3.27. The predicted molar refractivity (Wildman–Crippen MR) is 80.6 cm³/mol. The van der Waals surface area contributed by atoms with Crippen LogP contribution in [0.5, 0.6) is 0 Å². The molecule has 0 radical (unpaired) electrons. The number of rotatable bonds is 4. The molecule has 0 aromatic rings. The van der Waals surface area contributed by atoms with E-state index >= 15 is 0 Å². The van der Waals surface area contributed by atoms with Crippen molar-refractivity contribution in [1.29, 1.82) is 0 Å². The molecule has 0 spiro atoms. The molecule has 2 N–H and O–H groups in total. The van der Waals surface area contributed by atoms with Gasteiger partial charge in [-0.05, 0) is 44.3 Å². The maximum absolute atomic E-state index is 3.67. The summed E-state index contributed by atoms with van der Waals surface area (Å²) in [6.07, 6.45) is 3.99. The van der Waals surface area contributed by atoms with Gasteiger partial charge in [0.15, 0.2) is 0 Å². The van der Waals surface area contributed by atoms with Crippen LogP contribution in [0.3, 0.4) is 0 Å². The van der Waals surface area contributed by atoms with Crippen molar-refractivity contribution in [3.05, 3.63) is 0 Å². The zero-order chi connectivity index (χ0) is 12.3. The van der Waals surface area contributed by atoms with Crippen molar-refractivity contribution < 1.29 is 0 Å². The van der Waals surface area contributed by atoms with Gasteiger partial charge in [0.05, 0.1) is 0 Å². The monoisotopic (exact) mass is 275 g/mol. The highest BCUT2D eigenvalue weighted by molar-refractivity contribution is 5.85. The Bertz CT molecular complexity index is 231. The molecule has 18 heavy (non-hydrogen) atoms. The minimum absolute atomic E-state index is 0. The molecule has 2 saturated heterocycles. The third-order valence-corrected chi connectivity index (χ3v) is 4.22. The first kappa shape index (κ1) is 16.2. The highest BCUT2D eigenvalue weighted by Gasteiger charge is 2.31. The summed E-state index contributed by atoms with van der Waals surface area (Å²) >= 11 is 0. The fraction of sp³-hybridized carbons (Fsp3) is 1.00. The van der Waals surface area contributed by atoms with E-state index in [9.17, 15) is 0 Å². The van der Waals surface area contributed by atoms with E-state index in [1.165, 1.54) is 52.0 Å². The van der Waals surface area contributed by atoms with Gasteiger partial charge in [-0.2, -0.15) is 0 Å². The molecule has 2 rings (SSSR count).